The van der Waals surface area contributed by atoms with Crippen LogP contribution >= 0.6 is 0 Å². The molecule has 1 N–H and O–H groups in total. The average Bonchev–Trinajstić information content (AvgIpc) is 3.18. The lowest BCUT2D eigenvalue weighted by molar-refractivity contribution is 0.0986. The predicted octanol–water partition coefficient (Wildman–Crippen LogP) is 4.56. The van der Waals surface area contributed by atoms with E-state index in [0.717, 1.165) is 29.8 Å². The number of nitrogens with one attached hydrogen (secondary N) is 1. The van der Waals surface area contributed by atoms with Crippen molar-refractivity contribution in [3.63, 3.8) is 0 Å². The summed E-state index contributed by atoms with van der Waals surface area (Å²) in [6.45, 7) is 0.579. The molecule has 4 rings (SSSR count). The minimum atomic E-state index is -1.66. The fourth-order valence-corrected chi connectivity index (χ4v) is 3.29. The molecule has 0 saturated carbocycles. The molecule has 0 unspecified atom stereocenters. The SMILES string of the molecule is O=C(Nc1ccc(F)c(F)c1F)c1ccc(C(=O)N2CCc3ccccc32)cc1. The monoisotopic (exact) mass is 396 g/mol. The Hall–Kier alpha value is -3.61. The van der Waals surface area contributed by atoms with E-state index in [4.69, 9.17) is 0 Å². The number of hydrogen-bond acceptors (Lipinski definition) is 2. The smallest absolute Gasteiger partial charge is 0.258 e. The Balaban J connectivity index is 1.50. The molecular formula is C22H15F3N2O2. The summed E-state index contributed by atoms with van der Waals surface area (Å²) in [5.41, 5.74) is 2.05. The molecule has 0 bridgehead atoms. The first kappa shape index (κ1) is 18.7. The second-order valence-electron chi connectivity index (χ2n) is 6.59. The molecule has 146 valence electrons. The highest BCUT2D eigenvalue weighted by atomic mass is 19.2. The Kier molecular flexibility index (Phi) is 4.80. The molecule has 0 radical (unpaired) electrons. The van der Waals surface area contributed by atoms with Crippen LogP contribution in [-0.2, 0) is 6.42 Å². The van der Waals surface area contributed by atoms with Crippen molar-refractivity contribution < 1.29 is 22.8 Å². The number of carbonyl (C=O) groups is 2. The van der Waals surface area contributed by atoms with Crippen molar-refractivity contribution in [1.82, 2.24) is 0 Å². The number of hydrogen-bond donors (Lipinski definition) is 1. The van der Waals surface area contributed by atoms with Gasteiger partial charge in [-0.05, 0) is 54.4 Å². The molecule has 3 aromatic rings. The highest BCUT2D eigenvalue weighted by Crippen LogP contribution is 2.29. The summed E-state index contributed by atoms with van der Waals surface area (Å²) in [6.07, 6.45) is 0.780. The Bertz CT molecular complexity index is 1110. The number of benzene rings is 3. The van der Waals surface area contributed by atoms with Gasteiger partial charge in [-0.25, -0.2) is 13.2 Å². The molecule has 1 aliphatic heterocycles. The summed E-state index contributed by atoms with van der Waals surface area (Å²) < 4.78 is 40.0. The molecule has 1 heterocycles. The summed E-state index contributed by atoms with van der Waals surface area (Å²) >= 11 is 0. The number of nitrogens with zero attached hydrogens (tertiary/aromatic N) is 1. The summed E-state index contributed by atoms with van der Waals surface area (Å²) in [5.74, 6) is -5.37. The van der Waals surface area contributed by atoms with Crippen molar-refractivity contribution in [2.45, 2.75) is 6.42 Å². The first-order chi connectivity index (χ1) is 14.0. The summed E-state index contributed by atoms with van der Waals surface area (Å²) in [5, 5.41) is 2.20. The van der Waals surface area contributed by atoms with Crippen LogP contribution in [0.3, 0.4) is 0 Å². The maximum atomic E-state index is 13.7. The first-order valence-corrected chi connectivity index (χ1v) is 8.90. The maximum Gasteiger partial charge on any atom is 0.258 e. The van der Waals surface area contributed by atoms with Crippen molar-refractivity contribution in [3.8, 4) is 0 Å². The predicted molar refractivity (Wildman–Crippen MR) is 103 cm³/mol. The Morgan fingerprint density at radius 1 is 0.828 bits per heavy atom. The molecule has 2 amide bonds. The van der Waals surface area contributed by atoms with Crippen LogP contribution in [0.5, 0.6) is 0 Å². The summed E-state index contributed by atoms with van der Waals surface area (Å²) in [7, 11) is 0. The average molecular weight is 396 g/mol. The van der Waals surface area contributed by atoms with E-state index in [-0.39, 0.29) is 11.5 Å². The lowest BCUT2D eigenvalue weighted by atomic mass is 10.1. The number of anilines is 2. The molecule has 0 aromatic heterocycles. The van der Waals surface area contributed by atoms with Crippen LogP contribution in [0.1, 0.15) is 26.3 Å². The Labute approximate surface area is 164 Å². The third kappa shape index (κ3) is 3.47. The molecule has 4 nitrogen and oxygen atoms in total. The van der Waals surface area contributed by atoms with Gasteiger partial charge in [0.2, 0.25) is 0 Å². The standard InChI is InChI=1S/C22H15F3N2O2/c23-16-9-10-17(20(25)19(16)24)26-21(28)14-5-7-15(8-6-14)22(29)27-12-11-13-3-1-2-4-18(13)27/h1-10H,11-12H2,(H,26,28). The lowest BCUT2D eigenvalue weighted by Gasteiger charge is -2.17. The zero-order chi connectivity index (χ0) is 20.5. The molecule has 0 atom stereocenters. The van der Waals surface area contributed by atoms with Gasteiger partial charge in [0, 0.05) is 23.4 Å². The van der Waals surface area contributed by atoms with Gasteiger partial charge in [-0.1, -0.05) is 18.2 Å². The largest absolute Gasteiger partial charge is 0.319 e. The van der Waals surface area contributed by atoms with Crippen LogP contribution in [0, 0.1) is 17.5 Å². The van der Waals surface area contributed by atoms with E-state index in [0.29, 0.717) is 12.1 Å². The zero-order valence-corrected chi connectivity index (χ0v) is 15.1. The molecule has 0 saturated heterocycles. The lowest BCUT2D eigenvalue weighted by Crippen LogP contribution is -2.28. The van der Waals surface area contributed by atoms with E-state index < -0.39 is 29.0 Å². The van der Waals surface area contributed by atoms with Gasteiger partial charge in [-0.3, -0.25) is 9.59 Å². The van der Waals surface area contributed by atoms with E-state index in [1.807, 2.05) is 24.3 Å². The normalized spacial score (nSPS) is 12.6. The van der Waals surface area contributed by atoms with E-state index in [2.05, 4.69) is 5.32 Å². The Morgan fingerprint density at radius 3 is 2.28 bits per heavy atom. The highest BCUT2D eigenvalue weighted by molar-refractivity contribution is 6.09. The van der Waals surface area contributed by atoms with Crippen LogP contribution in [0.2, 0.25) is 0 Å². The van der Waals surface area contributed by atoms with Crippen LogP contribution in [0.25, 0.3) is 0 Å². The maximum absolute atomic E-state index is 13.7. The second-order valence-corrected chi connectivity index (χ2v) is 6.59. The first-order valence-electron chi connectivity index (χ1n) is 8.90. The molecule has 1 aliphatic rings. The molecule has 0 fully saturated rings. The van der Waals surface area contributed by atoms with Crippen molar-refractivity contribution in [2.75, 3.05) is 16.8 Å². The molecule has 0 spiro atoms. The second kappa shape index (κ2) is 7.43. The highest BCUT2D eigenvalue weighted by Gasteiger charge is 2.25. The third-order valence-corrected chi connectivity index (χ3v) is 4.81. The third-order valence-electron chi connectivity index (χ3n) is 4.81. The van der Waals surface area contributed by atoms with Gasteiger partial charge in [0.05, 0.1) is 5.69 Å². The molecular weight excluding hydrogens is 381 g/mol. The Morgan fingerprint density at radius 2 is 1.52 bits per heavy atom. The van der Waals surface area contributed by atoms with Gasteiger partial charge >= 0.3 is 0 Å². The van der Waals surface area contributed by atoms with Gasteiger partial charge in [0.15, 0.2) is 17.5 Å². The van der Waals surface area contributed by atoms with Crippen LogP contribution in [-0.4, -0.2) is 18.4 Å². The van der Waals surface area contributed by atoms with Crippen molar-refractivity contribution in [3.05, 3.63) is 94.8 Å². The zero-order valence-electron chi connectivity index (χ0n) is 15.1. The number of fused-ring (bicyclic) bond motifs is 1. The van der Waals surface area contributed by atoms with Crippen LogP contribution < -0.4 is 10.2 Å². The van der Waals surface area contributed by atoms with Gasteiger partial charge in [0.25, 0.3) is 11.8 Å². The van der Waals surface area contributed by atoms with E-state index in [9.17, 15) is 22.8 Å². The fourth-order valence-electron chi connectivity index (χ4n) is 3.29. The molecule has 7 heteroatoms. The van der Waals surface area contributed by atoms with Crippen molar-refractivity contribution >= 4 is 23.2 Å². The number of amides is 2. The van der Waals surface area contributed by atoms with Crippen molar-refractivity contribution in [2.24, 2.45) is 0 Å². The number of carbonyl (C=O) groups excluding carboxylic acids is 2. The minimum Gasteiger partial charge on any atom is -0.319 e. The minimum absolute atomic E-state index is 0.146. The van der Waals surface area contributed by atoms with Gasteiger partial charge < -0.3 is 10.2 Å². The van der Waals surface area contributed by atoms with Gasteiger partial charge in [-0.15, -0.1) is 0 Å². The van der Waals surface area contributed by atoms with E-state index >= 15 is 0 Å². The summed E-state index contributed by atoms with van der Waals surface area (Å²) in [6, 6.07) is 15.2. The van der Waals surface area contributed by atoms with E-state index in [1.54, 1.807) is 4.90 Å². The number of para-hydroxylation sites is 1. The number of rotatable bonds is 3. The molecule has 3 aromatic carbocycles. The topological polar surface area (TPSA) is 49.4 Å². The quantitative estimate of drug-likeness (QED) is 0.660. The van der Waals surface area contributed by atoms with Gasteiger partial charge in [0.1, 0.15) is 0 Å². The summed E-state index contributed by atoms with van der Waals surface area (Å²) in [4.78, 5) is 26.8. The fraction of sp³-hybridized carbons (Fsp3) is 0.0909. The van der Waals surface area contributed by atoms with Crippen molar-refractivity contribution in [1.29, 1.82) is 0 Å². The van der Waals surface area contributed by atoms with E-state index in [1.165, 1.54) is 24.3 Å². The van der Waals surface area contributed by atoms with Crippen LogP contribution in [0.4, 0.5) is 24.5 Å². The molecule has 29 heavy (non-hydrogen) atoms. The molecule has 0 aliphatic carbocycles. The van der Waals surface area contributed by atoms with Gasteiger partial charge in [-0.2, -0.15) is 0 Å². The number of halogens is 3. The van der Waals surface area contributed by atoms with Crippen LogP contribution in [0.15, 0.2) is 60.7 Å².